The molecule has 0 radical (unpaired) electrons. The Morgan fingerprint density at radius 2 is 0.809 bits per heavy atom. The number of carbonyl (C=O) groups excluding carboxylic acids is 3. The molecule has 0 aliphatic carbocycles. The molecule has 5 fully saturated rings. The zero-order valence-corrected chi connectivity index (χ0v) is 52.3. The molecule has 0 bridgehead atoms. The molecule has 3 amide bonds. The number of nitrogens with zero attached hydrogens (tertiary/aromatic N) is 5. The number of aliphatic hydroxyl groups is 1. The summed E-state index contributed by atoms with van der Waals surface area (Å²) in [6, 6.07) is 70.7. The van der Waals surface area contributed by atoms with Gasteiger partial charge in [0.15, 0.2) is 6.19 Å². The Kier molecular flexibility index (Phi) is 21.4. The fourth-order valence-corrected chi connectivity index (χ4v) is 11.3. The number of amides is 3. The first-order chi connectivity index (χ1) is 42.8. The van der Waals surface area contributed by atoms with Crippen LogP contribution in [0.4, 0.5) is 9.59 Å². The molecular weight excluding hydrogens is 1120 g/mol. The van der Waals surface area contributed by atoms with E-state index < -0.39 is 28.0 Å². The third kappa shape index (κ3) is 17.7. The van der Waals surface area contributed by atoms with Gasteiger partial charge in [-0.25, -0.2) is 9.59 Å². The fraction of sp³-hybridized carbons (Fsp3) is 0.378. The van der Waals surface area contributed by atoms with E-state index in [1.54, 1.807) is 9.80 Å². The fourth-order valence-electron chi connectivity index (χ4n) is 11.3. The van der Waals surface area contributed by atoms with Crippen molar-refractivity contribution < 1.29 is 43.2 Å². The Balaban J connectivity index is 0.000000143. The topological polar surface area (TPSA) is 166 Å². The van der Waals surface area contributed by atoms with E-state index in [0.717, 1.165) is 53.9 Å². The van der Waals surface area contributed by atoms with Gasteiger partial charge in [-0.3, -0.25) is 4.79 Å². The summed E-state index contributed by atoms with van der Waals surface area (Å²) in [4.78, 5) is 43.6. The summed E-state index contributed by atoms with van der Waals surface area (Å²) >= 11 is 0. The maximum atomic E-state index is 12.7. The van der Waals surface area contributed by atoms with Crippen LogP contribution in [0.2, 0.25) is 0 Å². The highest BCUT2D eigenvalue weighted by atomic mass is 16.6. The quantitative estimate of drug-likeness (QED) is 0.0935. The van der Waals surface area contributed by atoms with E-state index in [2.05, 4.69) is 84.3 Å². The molecule has 12 rings (SSSR count). The number of ether oxygens (including phenoxy) is 5. The van der Waals surface area contributed by atoms with Crippen molar-refractivity contribution in [3.8, 4) is 6.19 Å². The zero-order chi connectivity index (χ0) is 63.0. The standard InChI is InChI=1S/C23H25N3O2.C21H25NO3.C16H17NO.C14H19NO3/c24-18-25-12-11-20(14-25)13-22(27)26-16-23(17-26,21-9-5-2-6-10-21)28-15-19-7-3-1-4-8-19;1-20(2,3)25-19(23)22-15-21(16-22,18-12-8-5-9-13-18)24-14-17-10-6-4-7-11-17;1-3-7-14(8-4-1)11-18-16(12-17-13-16)15-9-5-2-6-10-15;1-13(2,3)18-12(16)15-9-14(17,10-15)11-7-5-4-6-8-11/h1-10,20H,11-17H2;4-13H,14-16H2,1-3H3;1-10,17H,11-13H2;4-8,17H,9-10H2,1-3H3/t20-;;;/m0.../s1. The molecule has 5 aliphatic rings. The molecule has 5 saturated heterocycles. The van der Waals surface area contributed by atoms with E-state index in [-0.39, 0.29) is 42.7 Å². The van der Waals surface area contributed by atoms with Crippen LogP contribution < -0.4 is 5.32 Å². The summed E-state index contributed by atoms with van der Waals surface area (Å²) in [5.41, 5.74) is 4.79. The van der Waals surface area contributed by atoms with Gasteiger partial charge >= 0.3 is 12.2 Å². The van der Waals surface area contributed by atoms with Gasteiger partial charge < -0.3 is 53.7 Å². The minimum atomic E-state index is -0.932. The molecule has 2 N–H and O–H groups in total. The van der Waals surface area contributed by atoms with Crippen molar-refractivity contribution in [3.63, 3.8) is 0 Å². The number of hydrogen-bond acceptors (Lipinski definition) is 12. The van der Waals surface area contributed by atoms with Crippen LogP contribution in [0.25, 0.3) is 0 Å². The summed E-state index contributed by atoms with van der Waals surface area (Å²) in [6.45, 7) is 18.8. The lowest BCUT2D eigenvalue weighted by Gasteiger charge is -2.50. The van der Waals surface area contributed by atoms with Gasteiger partial charge in [-0.2, -0.15) is 5.26 Å². The number of benzene rings is 7. The van der Waals surface area contributed by atoms with Crippen LogP contribution in [0.3, 0.4) is 0 Å². The normalized spacial score (nSPS) is 18.1. The van der Waals surface area contributed by atoms with Crippen molar-refractivity contribution in [2.24, 2.45) is 5.92 Å². The predicted molar refractivity (Wildman–Crippen MR) is 343 cm³/mol. The van der Waals surface area contributed by atoms with Gasteiger partial charge in [-0.05, 0) is 92.8 Å². The zero-order valence-electron chi connectivity index (χ0n) is 52.3. The maximum absolute atomic E-state index is 12.7. The van der Waals surface area contributed by atoms with Crippen LogP contribution in [-0.2, 0) is 70.7 Å². The van der Waals surface area contributed by atoms with E-state index in [0.29, 0.717) is 59.0 Å². The summed E-state index contributed by atoms with van der Waals surface area (Å²) in [5, 5.41) is 22.7. The third-order valence-corrected chi connectivity index (χ3v) is 16.3. The van der Waals surface area contributed by atoms with Gasteiger partial charge in [0.1, 0.15) is 33.6 Å². The molecule has 89 heavy (non-hydrogen) atoms. The van der Waals surface area contributed by atoms with Gasteiger partial charge in [0.2, 0.25) is 5.91 Å². The van der Waals surface area contributed by atoms with E-state index >= 15 is 0 Å². The number of nitriles is 1. The lowest BCUT2D eigenvalue weighted by atomic mass is 9.85. The predicted octanol–water partition coefficient (Wildman–Crippen LogP) is 12.3. The van der Waals surface area contributed by atoms with Gasteiger partial charge in [-0.15, -0.1) is 0 Å². The molecule has 466 valence electrons. The van der Waals surface area contributed by atoms with Crippen LogP contribution in [0, 0.1) is 17.4 Å². The van der Waals surface area contributed by atoms with Gasteiger partial charge in [-0.1, -0.05) is 212 Å². The van der Waals surface area contributed by atoms with Crippen molar-refractivity contribution in [2.75, 3.05) is 65.4 Å². The minimum absolute atomic E-state index is 0.142. The number of rotatable bonds is 15. The molecule has 15 nitrogen and oxygen atoms in total. The molecule has 7 aromatic carbocycles. The van der Waals surface area contributed by atoms with Crippen molar-refractivity contribution in [3.05, 3.63) is 251 Å². The summed E-state index contributed by atoms with van der Waals surface area (Å²) in [5.74, 6) is 0.448. The Morgan fingerprint density at radius 1 is 0.483 bits per heavy atom. The van der Waals surface area contributed by atoms with Crippen LogP contribution in [0.15, 0.2) is 212 Å². The third-order valence-electron chi connectivity index (χ3n) is 16.3. The molecule has 5 aliphatic heterocycles. The van der Waals surface area contributed by atoms with E-state index in [9.17, 15) is 19.5 Å². The first kappa shape index (κ1) is 65.1. The van der Waals surface area contributed by atoms with Gasteiger partial charge in [0.05, 0.1) is 59.1 Å². The monoisotopic (exact) mass is 1200 g/mol. The van der Waals surface area contributed by atoms with Crippen LogP contribution >= 0.6 is 0 Å². The van der Waals surface area contributed by atoms with E-state index in [1.165, 1.54) is 16.0 Å². The smallest absolute Gasteiger partial charge is 0.410 e. The molecule has 15 heteroatoms. The molecule has 0 aromatic heterocycles. The lowest BCUT2D eigenvalue weighted by Crippen LogP contribution is -2.63. The van der Waals surface area contributed by atoms with Crippen molar-refractivity contribution in [1.29, 1.82) is 5.26 Å². The number of likely N-dealkylation sites (tertiary alicyclic amines) is 4. The molecule has 0 unspecified atom stereocenters. The van der Waals surface area contributed by atoms with Crippen molar-refractivity contribution >= 4 is 18.1 Å². The molecule has 5 heterocycles. The first-order valence-corrected chi connectivity index (χ1v) is 30.8. The number of hydrogen-bond donors (Lipinski definition) is 2. The highest BCUT2D eigenvalue weighted by Crippen LogP contribution is 2.40. The van der Waals surface area contributed by atoms with E-state index in [4.69, 9.17) is 28.9 Å². The summed E-state index contributed by atoms with van der Waals surface area (Å²) in [6.07, 6.45) is 2.95. The minimum Gasteiger partial charge on any atom is -0.444 e. The second-order valence-electron chi connectivity index (χ2n) is 25.7. The van der Waals surface area contributed by atoms with E-state index in [1.807, 2.05) is 186 Å². The number of β-amino-alcohol motifs (C(OH)–C–C–N with tert-alkyl or cyclic N) is 1. The highest BCUT2D eigenvalue weighted by Gasteiger charge is 2.50. The van der Waals surface area contributed by atoms with Crippen LogP contribution in [-0.4, -0.2) is 119 Å². The summed E-state index contributed by atoms with van der Waals surface area (Å²) < 4.78 is 29.6. The molecule has 7 aromatic rings. The SMILES string of the molecule is CC(C)(C)OC(=O)N1CC(O)(c2ccccc2)C1.CC(C)(C)OC(=O)N1CC(OCc2ccccc2)(c2ccccc2)C1.N#CN1CC[C@@H](CC(=O)N2CC(OCc3ccccc3)(c3ccccc3)C2)C1.c1ccc(COC2(c3ccccc3)CNC2)cc1. The van der Waals surface area contributed by atoms with Crippen LogP contribution in [0.1, 0.15) is 93.3 Å². The second kappa shape index (κ2) is 29.3. The Bertz CT molecular complexity index is 3360. The van der Waals surface area contributed by atoms with Gasteiger partial charge in [0.25, 0.3) is 0 Å². The average Bonchev–Trinajstić information content (AvgIpc) is 1.12. The number of carbonyl (C=O) groups is 3. The Hall–Kier alpha value is -8.36. The van der Waals surface area contributed by atoms with Crippen molar-refractivity contribution in [2.45, 2.75) is 108 Å². The first-order valence-electron chi connectivity index (χ1n) is 30.8. The lowest BCUT2D eigenvalue weighted by molar-refractivity contribution is -0.177. The van der Waals surface area contributed by atoms with Crippen LogP contribution in [0.5, 0.6) is 0 Å². The molecule has 1 atom stereocenters. The van der Waals surface area contributed by atoms with Gasteiger partial charge in [0, 0.05) is 32.6 Å². The number of nitrogens with one attached hydrogen (secondary N) is 1. The molecule has 0 spiro atoms. The highest BCUT2D eigenvalue weighted by molar-refractivity contribution is 5.78. The average molecular weight is 1200 g/mol. The van der Waals surface area contributed by atoms with Crippen molar-refractivity contribution in [1.82, 2.24) is 24.9 Å². The second-order valence-corrected chi connectivity index (χ2v) is 25.7. The molecule has 0 saturated carbocycles. The molecular formula is C74H86N6O9. The Labute approximate surface area is 525 Å². The largest absolute Gasteiger partial charge is 0.444 e. The summed E-state index contributed by atoms with van der Waals surface area (Å²) in [7, 11) is 0. The maximum Gasteiger partial charge on any atom is 0.410 e. The Morgan fingerprint density at radius 3 is 1.15 bits per heavy atom.